The van der Waals surface area contributed by atoms with Crippen molar-refractivity contribution in [2.45, 2.75) is 18.9 Å². The van der Waals surface area contributed by atoms with Crippen molar-refractivity contribution in [2.24, 2.45) is 0 Å². The van der Waals surface area contributed by atoms with E-state index in [0.29, 0.717) is 28.5 Å². The lowest BCUT2D eigenvalue weighted by atomic mass is 10.1. The fourth-order valence-corrected chi connectivity index (χ4v) is 3.46. The molecule has 0 radical (unpaired) electrons. The van der Waals surface area contributed by atoms with Crippen LogP contribution in [0.25, 0.3) is 0 Å². The van der Waals surface area contributed by atoms with Gasteiger partial charge < -0.3 is 15.8 Å². The fourth-order valence-electron chi connectivity index (χ4n) is 2.16. The van der Waals surface area contributed by atoms with Gasteiger partial charge in [-0.2, -0.15) is 0 Å². The highest BCUT2D eigenvalue weighted by molar-refractivity contribution is 7.85. The average Bonchev–Trinajstić information content (AvgIpc) is 2.41. The van der Waals surface area contributed by atoms with Crippen LogP contribution in [0.1, 0.15) is 23.2 Å². The molecule has 0 saturated carbocycles. The average molecular weight is 282 g/mol. The Hall–Kier alpha value is -1.56. The molecule has 6 heteroatoms. The maximum Gasteiger partial charge on any atom is 0.255 e. The summed E-state index contributed by atoms with van der Waals surface area (Å²) >= 11 is 0. The van der Waals surface area contributed by atoms with E-state index < -0.39 is 10.8 Å². The van der Waals surface area contributed by atoms with Crippen LogP contribution in [0.3, 0.4) is 0 Å². The first-order valence-corrected chi connectivity index (χ1v) is 7.69. The summed E-state index contributed by atoms with van der Waals surface area (Å²) in [7, 11) is 0.766. The van der Waals surface area contributed by atoms with Crippen LogP contribution in [-0.2, 0) is 10.8 Å². The van der Waals surface area contributed by atoms with E-state index in [0.717, 1.165) is 12.8 Å². The Morgan fingerprint density at radius 3 is 2.74 bits per heavy atom. The van der Waals surface area contributed by atoms with Gasteiger partial charge in [-0.3, -0.25) is 9.00 Å². The predicted octanol–water partition coefficient (Wildman–Crippen LogP) is 0.918. The lowest BCUT2D eigenvalue weighted by molar-refractivity contribution is 0.0931. The fraction of sp³-hybridized carbons (Fsp3) is 0.462. The number of hydrogen-bond donors (Lipinski definition) is 2. The second kappa shape index (κ2) is 6.06. The molecule has 1 aromatic rings. The summed E-state index contributed by atoms with van der Waals surface area (Å²) in [5.41, 5.74) is 6.66. The van der Waals surface area contributed by atoms with E-state index in [-0.39, 0.29) is 11.9 Å². The topological polar surface area (TPSA) is 81.4 Å². The second-order valence-electron chi connectivity index (χ2n) is 4.52. The molecule has 0 aromatic heterocycles. The maximum atomic E-state index is 12.2. The smallest absolute Gasteiger partial charge is 0.255 e. The Labute approximate surface area is 115 Å². The van der Waals surface area contributed by atoms with Crippen molar-refractivity contribution in [3.63, 3.8) is 0 Å². The molecule has 5 nitrogen and oxygen atoms in total. The molecular formula is C13H18N2O3S. The van der Waals surface area contributed by atoms with Crippen LogP contribution >= 0.6 is 0 Å². The molecule has 1 aromatic carbocycles. The zero-order valence-corrected chi connectivity index (χ0v) is 11.7. The number of methoxy groups -OCH3 is 1. The monoisotopic (exact) mass is 282 g/mol. The van der Waals surface area contributed by atoms with Gasteiger partial charge in [-0.1, -0.05) is 6.07 Å². The quantitative estimate of drug-likeness (QED) is 0.808. The molecule has 1 heterocycles. The van der Waals surface area contributed by atoms with Gasteiger partial charge in [0, 0.05) is 28.3 Å². The number of amides is 1. The molecule has 0 atom stereocenters. The number of carbonyl (C=O) groups is 1. The first-order chi connectivity index (χ1) is 9.11. The molecule has 1 aliphatic rings. The molecule has 1 aliphatic heterocycles. The summed E-state index contributed by atoms with van der Waals surface area (Å²) < 4.78 is 16.4. The van der Waals surface area contributed by atoms with E-state index in [2.05, 4.69) is 5.32 Å². The molecule has 1 amide bonds. The highest BCUT2D eigenvalue weighted by atomic mass is 32.2. The minimum absolute atomic E-state index is 0.0799. The Morgan fingerprint density at radius 1 is 1.42 bits per heavy atom. The molecule has 2 rings (SSSR count). The van der Waals surface area contributed by atoms with Gasteiger partial charge in [0.1, 0.15) is 0 Å². The standard InChI is InChI=1S/C13H18N2O3S/c1-18-12-10(3-2-4-11(12)14)13(16)15-9-5-7-19(17)8-6-9/h2-4,9H,5-8,14H2,1H3,(H,15,16). The van der Waals surface area contributed by atoms with Crippen molar-refractivity contribution < 1.29 is 13.7 Å². The number of nitrogen functional groups attached to an aromatic ring is 1. The predicted molar refractivity (Wildman–Crippen MR) is 75.8 cm³/mol. The molecule has 1 saturated heterocycles. The number of benzene rings is 1. The molecule has 0 spiro atoms. The molecule has 0 unspecified atom stereocenters. The zero-order valence-electron chi connectivity index (χ0n) is 10.8. The largest absolute Gasteiger partial charge is 0.494 e. The van der Waals surface area contributed by atoms with E-state index in [9.17, 15) is 9.00 Å². The maximum absolute atomic E-state index is 12.2. The lowest BCUT2D eigenvalue weighted by Crippen LogP contribution is -2.39. The number of nitrogens with one attached hydrogen (secondary N) is 1. The minimum atomic E-state index is -0.726. The van der Waals surface area contributed by atoms with Gasteiger partial charge in [-0.05, 0) is 25.0 Å². The first-order valence-electron chi connectivity index (χ1n) is 6.20. The number of anilines is 1. The first kappa shape index (κ1) is 13.9. The zero-order chi connectivity index (χ0) is 13.8. The van der Waals surface area contributed by atoms with Gasteiger partial charge in [0.2, 0.25) is 0 Å². The van der Waals surface area contributed by atoms with Gasteiger partial charge in [0.25, 0.3) is 5.91 Å². The summed E-state index contributed by atoms with van der Waals surface area (Å²) in [4.78, 5) is 12.2. The second-order valence-corrected chi connectivity index (χ2v) is 6.22. The number of rotatable bonds is 3. The van der Waals surface area contributed by atoms with Gasteiger partial charge in [-0.25, -0.2) is 0 Å². The van der Waals surface area contributed by atoms with E-state index in [4.69, 9.17) is 10.5 Å². The van der Waals surface area contributed by atoms with Crippen LogP contribution in [0.4, 0.5) is 5.69 Å². The van der Waals surface area contributed by atoms with Crippen LogP contribution in [-0.4, -0.2) is 34.8 Å². The Balaban J connectivity index is 2.08. The van der Waals surface area contributed by atoms with Crippen LogP contribution < -0.4 is 15.8 Å². The van der Waals surface area contributed by atoms with Crippen LogP contribution in [0.2, 0.25) is 0 Å². The van der Waals surface area contributed by atoms with Gasteiger partial charge in [-0.15, -0.1) is 0 Å². The molecular weight excluding hydrogens is 264 g/mol. The highest BCUT2D eigenvalue weighted by Gasteiger charge is 2.22. The minimum Gasteiger partial charge on any atom is -0.494 e. The Morgan fingerprint density at radius 2 is 2.11 bits per heavy atom. The van der Waals surface area contributed by atoms with E-state index in [1.54, 1.807) is 18.2 Å². The summed E-state index contributed by atoms with van der Waals surface area (Å²) in [5, 5.41) is 2.95. The van der Waals surface area contributed by atoms with Crippen LogP contribution in [0.5, 0.6) is 5.75 Å². The van der Waals surface area contributed by atoms with Crippen molar-refractivity contribution in [1.29, 1.82) is 0 Å². The third-order valence-electron chi connectivity index (χ3n) is 3.22. The van der Waals surface area contributed by atoms with Crippen LogP contribution in [0, 0.1) is 0 Å². The third kappa shape index (κ3) is 3.26. The summed E-state index contributed by atoms with van der Waals surface area (Å²) in [6.45, 7) is 0. The summed E-state index contributed by atoms with van der Waals surface area (Å²) in [5.74, 6) is 1.51. The van der Waals surface area contributed by atoms with Crippen LogP contribution in [0.15, 0.2) is 18.2 Å². The molecule has 0 aliphatic carbocycles. The number of hydrogen-bond acceptors (Lipinski definition) is 4. The van der Waals surface area contributed by atoms with Gasteiger partial charge in [0.15, 0.2) is 5.75 Å². The SMILES string of the molecule is COc1c(N)cccc1C(=O)NC1CCS(=O)CC1. The Kier molecular flexibility index (Phi) is 4.42. The molecule has 0 bridgehead atoms. The Bertz CT molecular complexity index is 495. The normalized spacial score (nSPS) is 22.8. The molecule has 19 heavy (non-hydrogen) atoms. The summed E-state index contributed by atoms with van der Waals surface area (Å²) in [6.07, 6.45) is 1.51. The van der Waals surface area contributed by atoms with Gasteiger partial charge in [0.05, 0.1) is 18.4 Å². The van der Waals surface area contributed by atoms with Crippen molar-refractivity contribution in [3.8, 4) is 5.75 Å². The molecule has 3 N–H and O–H groups in total. The van der Waals surface area contributed by atoms with E-state index >= 15 is 0 Å². The lowest BCUT2D eigenvalue weighted by Gasteiger charge is -2.23. The number of ether oxygens (including phenoxy) is 1. The number of carbonyl (C=O) groups excluding carboxylic acids is 1. The van der Waals surface area contributed by atoms with E-state index in [1.807, 2.05) is 0 Å². The molecule has 104 valence electrons. The molecule has 1 fully saturated rings. The third-order valence-corrected chi connectivity index (χ3v) is 4.60. The number of nitrogens with two attached hydrogens (primary N) is 1. The highest BCUT2D eigenvalue weighted by Crippen LogP contribution is 2.26. The van der Waals surface area contributed by atoms with Crippen molar-refractivity contribution in [2.75, 3.05) is 24.3 Å². The van der Waals surface area contributed by atoms with Crippen molar-refractivity contribution in [1.82, 2.24) is 5.32 Å². The summed E-state index contributed by atoms with van der Waals surface area (Å²) in [6, 6.07) is 5.18. The number of para-hydroxylation sites is 1. The van der Waals surface area contributed by atoms with E-state index in [1.165, 1.54) is 7.11 Å². The van der Waals surface area contributed by atoms with Crippen molar-refractivity contribution >= 4 is 22.4 Å². The van der Waals surface area contributed by atoms with Crippen molar-refractivity contribution in [3.05, 3.63) is 23.8 Å². The van der Waals surface area contributed by atoms with Gasteiger partial charge >= 0.3 is 0 Å².